The van der Waals surface area contributed by atoms with Gasteiger partial charge < -0.3 is 20.3 Å². The number of H-pyrrole nitrogens is 1. The molecule has 6 heteroatoms. The molecule has 22 heavy (non-hydrogen) atoms. The first-order valence-electron chi connectivity index (χ1n) is 7.53. The van der Waals surface area contributed by atoms with E-state index in [1.54, 1.807) is 17.0 Å². The summed E-state index contributed by atoms with van der Waals surface area (Å²) >= 11 is 0. The van der Waals surface area contributed by atoms with Crippen molar-refractivity contribution >= 4 is 22.7 Å². The van der Waals surface area contributed by atoms with E-state index in [4.69, 9.17) is 0 Å². The Bertz CT molecular complexity index is 767. The molecule has 2 aliphatic rings. The predicted octanol–water partition coefficient (Wildman–Crippen LogP) is 0.905. The zero-order valence-electron chi connectivity index (χ0n) is 12.0. The predicted molar refractivity (Wildman–Crippen MR) is 80.3 cm³/mol. The number of hydrogen-bond donors (Lipinski definition) is 3. The smallest absolute Gasteiger partial charge is 0.246 e. The maximum atomic E-state index is 12.5. The van der Waals surface area contributed by atoms with Gasteiger partial charge in [0.2, 0.25) is 11.8 Å². The highest BCUT2D eigenvalue weighted by Gasteiger charge is 2.42. The normalized spacial score (nSPS) is 24.6. The lowest BCUT2D eigenvalue weighted by atomic mass is 10.0. The molecular formula is C16H17N3O3. The molecule has 0 radical (unpaired) electrons. The van der Waals surface area contributed by atoms with E-state index < -0.39 is 6.04 Å². The molecule has 2 aliphatic heterocycles. The highest BCUT2D eigenvalue weighted by Crippen LogP contribution is 2.26. The first kappa shape index (κ1) is 13.2. The van der Waals surface area contributed by atoms with Gasteiger partial charge in [-0.1, -0.05) is 0 Å². The number of fused-ring (bicyclic) bond motifs is 2. The Labute approximate surface area is 127 Å². The van der Waals surface area contributed by atoms with Crippen molar-refractivity contribution in [1.82, 2.24) is 15.2 Å². The number of phenols is 1. The highest BCUT2D eigenvalue weighted by molar-refractivity contribution is 5.98. The van der Waals surface area contributed by atoms with E-state index in [-0.39, 0.29) is 23.6 Å². The summed E-state index contributed by atoms with van der Waals surface area (Å²) in [6.45, 7) is 0.676. The average molecular weight is 299 g/mol. The van der Waals surface area contributed by atoms with Gasteiger partial charge in [0, 0.05) is 36.1 Å². The summed E-state index contributed by atoms with van der Waals surface area (Å²) < 4.78 is 0. The number of nitrogens with zero attached hydrogens (tertiary/aromatic N) is 1. The number of phenolic OH excluding ortho intramolecular Hbond substituents is 1. The summed E-state index contributed by atoms with van der Waals surface area (Å²) in [4.78, 5) is 29.5. The van der Waals surface area contributed by atoms with Gasteiger partial charge in [0.1, 0.15) is 17.8 Å². The van der Waals surface area contributed by atoms with Gasteiger partial charge in [-0.2, -0.15) is 0 Å². The van der Waals surface area contributed by atoms with Crippen molar-refractivity contribution in [2.24, 2.45) is 0 Å². The Kier molecular flexibility index (Phi) is 2.85. The maximum Gasteiger partial charge on any atom is 0.246 e. The van der Waals surface area contributed by atoms with Gasteiger partial charge >= 0.3 is 0 Å². The molecule has 2 unspecified atom stereocenters. The minimum atomic E-state index is -0.505. The van der Waals surface area contributed by atoms with E-state index in [0.717, 1.165) is 29.3 Å². The maximum absolute atomic E-state index is 12.5. The van der Waals surface area contributed by atoms with E-state index in [2.05, 4.69) is 10.3 Å². The van der Waals surface area contributed by atoms with Crippen molar-refractivity contribution in [3.8, 4) is 5.75 Å². The number of aromatic nitrogens is 1. The van der Waals surface area contributed by atoms with Gasteiger partial charge in [0.15, 0.2) is 0 Å². The Morgan fingerprint density at radius 3 is 3.05 bits per heavy atom. The zero-order valence-corrected chi connectivity index (χ0v) is 12.0. The highest BCUT2D eigenvalue weighted by atomic mass is 16.3. The molecule has 3 heterocycles. The minimum Gasteiger partial charge on any atom is -0.508 e. The first-order valence-corrected chi connectivity index (χ1v) is 7.53. The Balaban J connectivity index is 1.62. The summed E-state index contributed by atoms with van der Waals surface area (Å²) in [6, 6.07) is 4.32. The van der Waals surface area contributed by atoms with Crippen LogP contribution in [-0.2, 0) is 16.0 Å². The molecule has 0 aliphatic carbocycles. The number of aromatic hydroxyl groups is 1. The van der Waals surface area contributed by atoms with Crippen LogP contribution in [0, 0.1) is 0 Å². The van der Waals surface area contributed by atoms with Crippen LogP contribution in [0.2, 0.25) is 0 Å². The van der Waals surface area contributed by atoms with Gasteiger partial charge in [0.05, 0.1) is 0 Å². The Hall–Kier alpha value is -2.50. The molecule has 3 N–H and O–H groups in total. The largest absolute Gasteiger partial charge is 0.508 e. The molecule has 0 spiro atoms. The number of aromatic amines is 1. The van der Waals surface area contributed by atoms with Crippen molar-refractivity contribution in [3.63, 3.8) is 0 Å². The molecule has 1 aromatic heterocycles. The molecule has 0 saturated carbocycles. The second-order valence-corrected chi connectivity index (χ2v) is 6.00. The van der Waals surface area contributed by atoms with E-state index in [0.29, 0.717) is 13.0 Å². The molecule has 2 fully saturated rings. The fourth-order valence-corrected chi connectivity index (χ4v) is 3.53. The quantitative estimate of drug-likeness (QED) is 0.770. The Morgan fingerprint density at radius 1 is 1.32 bits per heavy atom. The van der Waals surface area contributed by atoms with Crippen LogP contribution in [0.15, 0.2) is 24.4 Å². The number of carbonyl (C=O) groups is 2. The lowest BCUT2D eigenvalue weighted by Gasteiger charge is -2.34. The Morgan fingerprint density at radius 2 is 2.18 bits per heavy atom. The number of rotatable bonds is 2. The average Bonchev–Trinajstić information content (AvgIpc) is 3.12. The van der Waals surface area contributed by atoms with Gasteiger partial charge in [-0.3, -0.25) is 9.59 Å². The summed E-state index contributed by atoms with van der Waals surface area (Å²) in [5.41, 5.74) is 1.79. The third-order valence-corrected chi connectivity index (χ3v) is 4.63. The molecule has 2 atom stereocenters. The summed E-state index contributed by atoms with van der Waals surface area (Å²) in [5.74, 6) is 0.165. The summed E-state index contributed by atoms with van der Waals surface area (Å²) in [7, 11) is 0. The molecule has 0 bridgehead atoms. The van der Waals surface area contributed by atoms with Crippen molar-refractivity contribution in [1.29, 1.82) is 0 Å². The summed E-state index contributed by atoms with van der Waals surface area (Å²) in [5, 5.41) is 13.3. The van der Waals surface area contributed by atoms with Crippen molar-refractivity contribution in [3.05, 3.63) is 30.0 Å². The van der Waals surface area contributed by atoms with E-state index in [1.807, 2.05) is 12.3 Å². The summed E-state index contributed by atoms with van der Waals surface area (Å²) in [6.07, 6.45) is 3.94. The van der Waals surface area contributed by atoms with Gasteiger partial charge in [-0.05, 0) is 30.5 Å². The SMILES string of the molecule is O=C1NC(Cc2c[nH]c3cc(O)ccc23)C(=O)N2CCCC12. The van der Waals surface area contributed by atoms with Crippen LogP contribution < -0.4 is 5.32 Å². The van der Waals surface area contributed by atoms with Crippen LogP contribution >= 0.6 is 0 Å². The molecule has 2 saturated heterocycles. The molecular weight excluding hydrogens is 282 g/mol. The van der Waals surface area contributed by atoms with Gasteiger partial charge in [0.25, 0.3) is 0 Å². The number of benzene rings is 1. The fraction of sp³-hybridized carbons (Fsp3) is 0.375. The number of carbonyl (C=O) groups excluding carboxylic acids is 2. The molecule has 2 amide bonds. The fourth-order valence-electron chi connectivity index (χ4n) is 3.53. The third kappa shape index (κ3) is 1.94. The van der Waals surface area contributed by atoms with Crippen molar-refractivity contribution in [2.45, 2.75) is 31.3 Å². The monoisotopic (exact) mass is 299 g/mol. The van der Waals surface area contributed by atoms with Crippen LogP contribution in [0.5, 0.6) is 5.75 Å². The van der Waals surface area contributed by atoms with Gasteiger partial charge in [-0.15, -0.1) is 0 Å². The number of amides is 2. The topological polar surface area (TPSA) is 85.4 Å². The molecule has 4 rings (SSSR count). The number of hydrogen-bond acceptors (Lipinski definition) is 3. The van der Waals surface area contributed by atoms with E-state index in [9.17, 15) is 14.7 Å². The number of piperazine rings is 1. The molecule has 1 aromatic carbocycles. The molecule has 2 aromatic rings. The second-order valence-electron chi connectivity index (χ2n) is 6.00. The van der Waals surface area contributed by atoms with Crippen LogP contribution in [0.25, 0.3) is 10.9 Å². The van der Waals surface area contributed by atoms with Crippen LogP contribution in [0.3, 0.4) is 0 Å². The first-order chi connectivity index (χ1) is 10.6. The van der Waals surface area contributed by atoms with E-state index >= 15 is 0 Å². The van der Waals surface area contributed by atoms with Crippen molar-refractivity contribution < 1.29 is 14.7 Å². The molecule has 114 valence electrons. The minimum absolute atomic E-state index is 0.00947. The second kappa shape index (κ2) is 4.76. The number of nitrogens with one attached hydrogen (secondary N) is 2. The molecule has 6 nitrogen and oxygen atoms in total. The van der Waals surface area contributed by atoms with Crippen LogP contribution in [-0.4, -0.2) is 45.4 Å². The van der Waals surface area contributed by atoms with Gasteiger partial charge in [-0.25, -0.2) is 0 Å². The van der Waals surface area contributed by atoms with Crippen molar-refractivity contribution in [2.75, 3.05) is 6.54 Å². The lowest BCUT2D eigenvalue weighted by Crippen LogP contribution is -2.61. The third-order valence-electron chi connectivity index (χ3n) is 4.63. The van der Waals surface area contributed by atoms with Crippen LogP contribution in [0.4, 0.5) is 0 Å². The van der Waals surface area contributed by atoms with Crippen LogP contribution in [0.1, 0.15) is 18.4 Å². The standard InChI is InChI=1S/C16H17N3O3/c20-10-3-4-11-9(8-17-12(11)7-10)6-13-16(22)19-5-1-2-14(19)15(21)18-13/h3-4,7-8,13-14,17,20H,1-2,5-6H2,(H,18,21). The zero-order chi connectivity index (χ0) is 15.3. The van der Waals surface area contributed by atoms with E-state index in [1.165, 1.54) is 0 Å². The lowest BCUT2D eigenvalue weighted by molar-refractivity contribution is -0.146.